The van der Waals surface area contributed by atoms with E-state index in [1.54, 1.807) is 0 Å². The molecule has 0 atom stereocenters. The quantitative estimate of drug-likeness (QED) is 0.762. The molecule has 0 bridgehead atoms. The normalized spacial score (nSPS) is 11.5. The Balaban J connectivity index is 2.66. The van der Waals surface area contributed by atoms with Crippen molar-refractivity contribution >= 4 is 15.7 Å². The maximum absolute atomic E-state index is 12.8. The van der Waals surface area contributed by atoms with Gasteiger partial charge in [-0.15, -0.1) is 0 Å². The number of nitrogens with one attached hydrogen (secondary N) is 2. The third-order valence-electron chi connectivity index (χ3n) is 1.99. The summed E-state index contributed by atoms with van der Waals surface area (Å²) < 4.78 is 50.6. The smallest absolute Gasteiger partial charge is 0.233 e. The average Bonchev–Trinajstić information content (AvgIpc) is 2.23. The third-order valence-corrected chi connectivity index (χ3v) is 3.28. The number of anilines is 1. The third kappa shape index (κ3) is 4.66. The predicted molar refractivity (Wildman–Crippen MR) is 62.3 cm³/mol. The van der Waals surface area contributed by atoms with Crippen LogP contribution in [0.25, 0.3) is 0 Å². The van der Waals surface area contributed by atoms with Crippen LogP contribution in [0, 0.1) is 11.6 Å². The Kier molecular flexibility index (Phi) is 4.83. The lowest BCUT2D eigenvalue weighted by Gasteiger charge is -2.08. The zero-order valence-corrected chi connectivity index (χ0v) is 10.2. The molecular formula is C10H14F2N2O2S. The van der Waals surface area contributed by atoms with Crippen LogP contribution in [-0.4, -0.2) is 27.3 Å². The van der Waals surface area contributed by atoms with E-state index in [-0.39, 0.29) is 11.4 Å². The van der Waals surface area contributed by atoms with E-state index in [0.29, 0.717) is 13.1 Å². The van der Waals surface area contributed by atoms with E-state index in [0.717, 1.165) is 12.1 Å². The van der Waals surface area contributed by atoms with Crippen molar-refractivity contribution in [3.8, 4) is 0 Å². The van der Waals surface area contributed by atoms with Gasteiger partial charge in [0.05, 0.1) is 11.4 Å². The van der Waals surface area contributed by atoms with Gasteiger partial charge in [0, 0.05) is 12.6 Å². The second kappa shape index (κ2) is 5.92. The summed E-state index contributed by atoms with van der Waals surface area (Å²) in [6.45, 7) is 2.83. The van der Waals surface area contributed by atoms with Gasteiger partial charge in [-0.2, -0.15) is 0 Å². The Morgan fingerprint density at radius 1 is 1.24 bits per heavy atom. The zero-order valence-electron chi connectivity index (χ0n) is 9.33. The molecule has 0 heterocycles. The molecule has 0 aliphatic rings. The number of sulfonamides is 1. The minimum absolute atomic E-state index is 0.0143. The minimum Gasteiger partial charge on any atom is -0.316 e. The number of benzene rings is 1. The van der Waals surface area contributed by atoms with Crippen molar-refractivity contribution in [2.45, 2.75) is 6.92 Å². The monoisotopic (exact) mass is 264 g/mol. The first-order valence-corrected chi connectivity index (χ1v) is 6.76. The molecule has 0 aliphatic heterocycles. The molecule has 0 saturated heterocycles. The molecule has 0 saturated carbocycles. The molecule has 0 radical (unpaired) electrons. The SMILES string of the molecule is CCNCCS(=O)(=O)Nc1ccc(F)c(F)c1. The van der Waals surface area contributed by atoms with Crippen LogP contribution in [0.1, 0.15) is 6.92 Å². The lowest BCUT2D eigenvalue weighted by Crippen LogP contribution is -2.26. The van der Waals surface area contributed by atoms with Crippen LogP contribution in [0.3, 0.4) is 0 Å². The highest BCUT2D eigenvalue weighted by Gasteiger charge is 2.11. The Bertz CT molecular complexity index is 477. The largest absolute Gasteiger partial charge is 0.316 e. The number of hydrogen-bond donors (Lipinski definition) is 2. The van der Waals surface area contributed by atoms with E-state index in [1.807, 2.05) is 6.92 Å². The highest BCUT2D eigenvalue weighted by atomic mass is 32.2. The van der Waals surface area contributed by atoms with Gasteiger partial charge < -0.3 is 5.32 Å². The van der Waals surface area contributed by atoms with Crippen molar-refractivity contribution in [3.05, 3.63) is 29.8 Å². The van der Waals surface area contributed by atoms with Crippen LogP contribution in [0.4, 0.5) is 14.5 Å². The Labute approximate surface area is 99.1 Å². The lowest BCUT2D eigenvalue weighted by atomic mass is 10.3. The van der Waals surface area contributed by atoms with E-state index < -0.39 is 21.7 Å². The zero-order chi connectivity index (χ0) is 12.9. The molecule has 0 spiro atoms. The van der Waals surface area contributed by atoms with Gasteiger partial charge in [0.15, 0.2) is 11.6 Å². The molecule has 1 aromatic carbocycles. The van der Waals surface area contributed by atoms with Gasteiger partial charge in [-0.25, -0.2) is 17.2 Å². The molecule has 0 aromatic heterocycles. The summed E-state index contributed by atoms with van der Waals surface area (Å²) in [5.41, 5.74) is 0.0143. The van der Waals surface area contributed by atoms with Crippen LogP contribution in [0.15, 0.2) is 18.2 Å². The van der Waals surface area contributed by atoms with Crippen molar-refractivity contribution in [1.29, 1.82) is 0 Å². The topological polar surface area (TPSA) is 58.2 Å². The Morgan fingerprint density at radius 2 is 1.94 bits per heavy atom. The van der Waals surface area contributed by atoms with Crippen LogP contribution in [0.2, 0.25) is 0 Å². The summed E-state index contributed by atoms with van der Waals surface area (Å²) in [7, 11) is -3.54. The Morgan fingerprint density at radius 3 is 2.53 bits per heavy atom. The molecule has 0 aliphatic carbocycles. The van der Waals surface area contributed by atoms with Gasteiger partial charge in [0.25, 0.3) is 0 Å². The highest BCUT2D eigenvalue weighted by Crippen LogP contribution is 2.14. The predicted octanol–water partition coefficient (Wildman–Crippen LogP) is 1.32. The summed E-state index contributed by atoms with van der Waals surface area (Å²) in [5, 5.41) is 2.86. The molecule has 7 heteroatoms. The van der Waals surface area contributed by atoms with Crippen molar-refractivity contribution in [2.75, 3.05) is 23.6 Å². The molecule has 4 nitrogen and oxygen atoms in total. The number of halogens is 2. The molecular weight excluding hydrogens is 250 g/mol. The van der Waals surface area contributed by atoms with Crippen molar-refractivity contribution < 1.29 is 17.2 Å². The van der Waals surface area contributed by atoms with E-state index in [4.69, 9.17) is 0 Å². The summed E-state index contributed by atoms with van der Waals surface area (Å²) in [6.07, 6.45) is 0. The number of hydrogen-bond acceptors (Lipinski definition) is 3. The van der Waals surface area contributed by atoms with Gasteiger partial charge in [-0.05, 0) is 18.7 Å². The van der Waals surface area contributed by atoms with E-state index in [1.165, 1.54) is 6.07 Å². The molecule has 2 N–H and O–H groups in total. The minimum atomic E-state index is -3.54. The number of rotatable bonds is 6. The summed E-state index contributed by atoms with van der Waals surface area (Å²) >= 11 is 0. The fraction of sp³-hybridized carbons (Fsp3) is 0.400. The molecule has 0 amide bonds. The molecule has 1 rings (SSSR count). The molecule has 1 aromatic rings. The van der Waals surface area contributed by atoms with E-state index in [9.17, 15) is 17.2 Å². The van der Waals surface area contributed by atoms with Gasteiger partial charge in [0.2, 0.25) is 10.0 Å². The fourth-order valence-corrected chi connectivity index (χ4v) is 2.17. The van der Waals surface area contributed by atoms with Gasteiger partial charge in [-0.3, -0.25) is 4.72 Å². The van der Waals surface area contributed by atoms with Crippen LogP contribution < -0.4 is 10.0 Å². The van der Waals surface area contributed by atoms with Gasteiger partial charge >= 0.3 is 0 Å². The van der Waals surface area contributed by atoms with Crippen LogP contribution in [-0.2, 0) is 10.0 Å². The maximum Gasteiger partial charge on any atom is 0.233 e. The second-order valence-electron chi connectivity index (χ2n) is 3.40. The van der Waals surface area contributed by atoms with Crippen molar-refractivity contribution in [2.24, 2.45) is 0 Å². The van der Waals surface area contributed by atoms with Crippen molar-refractivity contribution in [3.63, 3.8) is 0 Å². The first kappa shape index (κ1) is 13.9. The van der Waals surface area contributed by atoms with Crippen LogP contribution >= 0.6 is 0 Å². The van der Waals surface area contributed by atoms with E-state index >= 15 is 0 Å². The fourth-order valence-electron chi connectivity index (χ4n) is 1.17. The lowest BCUT2D eigenvalue weighted by molar-refractivity contribution is 0.509. The van der Waals surface area contributed by atoms with Crippen LogP contribution in [0.5, 0.6) is 0 Å². The molecule has 96 valence electrons. The summed E-state index contributed by atoms with van der Waals surface area (Å²) in [5.74, 6) is -2.22. The summed E-state index contributed by atoms with van der Waals surface area (Å²) in [4.78, 5) is 0. The van der Waals surface area contributed by atoms with Gasteiger partial charge in [-0.1, -0.05) is 6.92 Å². The first-order valence-electron chi connectivity index (χ1n) is 5.11. The standard InChI is InChI=1S/C10H14F2N2O2S/c1-2-13-5-6-17(15,16)14-8-3-4-9(11)10(12)7-8/h3-4,7,13-14H,2,5-6H2,1H3. The van der Waals surface area contributed by atoms with Crippen molar-refractivity contribution in [1.82, 2.24) is 5.32 Å². The molecule has 17 heavy (non-hydrogen) atoms. The first-order chi connectivity index (χ1) is 7.94. The maximum atomic E-state index is 12.8. The summed E-state index contributed by atoms with van der Waals surface area (Å²) in [6, 6.07) is 2.85. The molecule has 0 fully saturated rings. The second-order valence-corrected chi connectivity index (χ2v) is 5.25. The highest BCUT2D eigenvalue weighted by molar-refractivity contribution is 7.92. The Hall–Kier alpha value is -1.21. The molecule has 0 unspecified atom stereocenters. The van der Waals surface area contributed by atoms with Gasteiger partial charge in [0.1, 0.15) is 0 Å². The average molecular weight is 264 g/mol. The van der Waals surface area contributed by atoms with E-state index in [2.05, 4.69) is 10.0 Å².